The molecule has 0 radical (unpaired) electrons. The number of halogens is 1. The summed E-state index contributed by atoms with van der Waals surface area (Å²) < 4.78 is 13.6. The number of aromatic nitrogens is 2. The van der Waals surface area contributed by atoms with E-state index >= 15 is 0 Å². The van der Waals surface area contributed by atoms with E-state index in [1.807, 2.05) is 18.2 Å². The Kier molecular flexibility index (Phi) is 4.79. The fourth-order valence-electron chi connectivity index (χ4n) is 2.20. The van der Waals surface area contributed by atoms with E-state index in [1.165, 1.54) is 18.0 Å². The van der Waals surface area contributed by atoms with E-state index in [9.17, 15) is 4.39 Å². The maximum Gasteiger partial charge on any atom is 0.146 e. The van der Waals surface area contributed by atoms with Gasteiger partial charge >= 0.3 is 0 Å². The maximum absolute atomic E-state index is 13.6. The van der Waals surface area contributed by atoms with Crippen molar-refractivity contribution < 1.29 is 4.39 Å². The highest BCUT2D eigenvalue weighted by Crippen LogP contribution is 2.19. The van der Waals surface area contributed by atoms with Gasteiger partial charge in [-0.15, -0.1) is 0 Å². The van der Waals surface area contributed by atoms with Crippen LogP contribution in [-0.2, 0) is 6.42 Å². The van der Waals surface area contributed by atoms with Crippen molar-refractivity contribution >= 4 is 17.3 Å². The molecule has 1 heterocycles. The van der Waals surface area contributed by atoms with Crippen LogP contribution in [0.3, 0.4) is 0 Å². The zero-order chi connectivity index (χ0) is 15.9. The van der Waals surface area contributed by atoms with Crippen molar-refractivity contribution in [2.75, 3.05) is 17.2 Å². The molecular weight excluding hydrogens is 291 g/mol. The van der Waals surface area contributed by atoms with Gasteiger partial charge in [-0.05, 0) is 24.1 Å². The Bertz CT molecular complexity index is 762. The van der Waals surface area contributed by atoms with Crippen LogP contribution >= 0.6 is 0 Å². The third-order valence-corrected chi connectivity index (χ3v) is 3.37. The summed E-state index contributed by atoms with van der Waals surface area (Å²) in [5.41, 5.74) is 1.65. The van der Waals surface area contributed by atoms with E-state index in [1.54, 1.807) is 24.3 Å². The fraction of sp³-hybridized carbons (Fsp3) is 0.111. The number of rotatable bonds is 6. The largest absolute Gasteiger partial charge is 0.370 e. The van der Waals surface area contributed by atoms with Crippen molar-refractivity contribution in [1.82, 2.24) is 9.97 Å². The number of hydrogen-bond acceptors (Lipinski definition) is 4. The third-order valence-electron chi connectivity index (χ3n) is 3.37. The van der Waals surface area contributed by atoms with Gasteiger partial charge in [0.1, 0.15) is 23.8 Å². The summed E-state index contributed by atoms with van der Waals surface area (Å²) in [5, 5.41) is 6.20. The molecule has 3 rings (SSSR count). The van der Waals surface area contributed by atoms with Gasteiger partial charge in [0.2, 0.25) is 0 Å². The Balaban J connectivity index is 1.60. The van der Waals surface area contributed by atoms with Crippen LogP contribution in [0.5, 0.6) is 0 Å². The van der Waals surface area contributed by atoms with Crippen molar-refractivity contribution in [2.45, 2.75) is 6.42 Å². The second-order valence-corrected chi connectivity index (χ2v) is 5.06. The van der Waals surface area contributed by atoms with Crippen LogP contribution < -0.4 is 10.6 Å². The van der Waals surface area contributed by atoms with Crippen LogP contribution in [0, 0.1) is 5.82 Å². The number of nitrogens with zero attached hydrogens (tertiary/aromatic N) is 2. The van der Waals surface area contributed by atoms with E-state index in [0.29, 0.717) is 17.3 Å². The summed E-state index contributed by atoms with van der Waals surface area (Å²) in [5.74, 6) is 0.937. The smallest absolute Gasteiger partial charge is 0.146 e. The minimum atomic E-state index is -0.315. The lowest BCUT2D eigenvalue weighted by atomic mass is 10.1. The maximum atomic E-state index is 13.6. The van der Waals surface area contributed by atoms with Crippen molar-refractivity contribution in [3.05, 3.63) is 78.4 Å². The lowest BCUT2D eigenvalue weighted by molar-refractivity contribution is 0.632. The predicted molar refractivity (Wildman–Crippen MR) is 90.4 cm³/mol. The minimum absolute atomic E-state index is 0.315. The van der Waals surface area contributed by atoms with Crippen LogP contribution in [-0.4, -0.2) is 16.5 Å². The highest BCUT2D eigenvalue weighted by Gasteiger charge is 2.03. The number of hydrogen-bond donors (Lipinski definition) is 2. The normalized spacial score (nSPS) is 10.3. The Labute approximate surface area is 134 Å². The summed E-state index contributed by atoms with van der Waals surface area (Å²) in [7, 11) is 0. The molecule has 0 spiro atoms. The predicted octanol–water partition coefficient (Wildman–Crippen LogP) is 4.01. The van der Waals surface area contributed by atoms with Crippen LogP contribution in [0.15, 0.2) is 67.0 Å². The third kappa shape index (κ3) is 4.26. The molecule has 2 aromatic carbocycles. The average molecular weight is 308 g/mol. The van der Waals surface area contributed by atoms with E-state index < -0.39 is 0 Å². The number of nitrogens with one attached hydrogen (secondary N) is 2. The molecule has 0 unspecified atom stereocenters. The lowest BCUT2D eigenvalue weighted by Crippen LogP contribution is -2.07. The molecule has 0 saturated carbocycles. The monoisotopic (exact) mass is 308 g/mol. The Morgan fingerprint density at radius 1 is 0.870 bits per heavy atom. The molecule has 116 valence electrons. The van der Waals surface area contributed by atoms with Gasteiger partial charge in [0.15, 0.2) is 0 Å². The van der Waals surface area contributed by atoms with Gasteiger partial charge in [0.25, 0.3) is 0 Å². The molecule has 0 aliphatic heterocycles. The Morgan fingerprint density at radius 2 is 1.61 bits per heavy atom. The quantitative estimate of drug-likeness (QED) is 0.722. The number of para-hydroxylation sites is 1. The van der Waals surface area contributed by atoms with Crippen LogP contribution in [0.4, 0.5) is 21.7 Å². The molecule has 0 bridgehead atoms. The molecule has 0 saturated heterocycles. The summed E-state index contributed by atoms with van der Waals surface area (Å²) in [6.45, 7) is 0.764. The second-order valence-electron chi connectivity index (χ2n) is 5.06. The minimum Gasteiger partial charge on any atom is -0.370 e. The Morgan fingerprint density at radius 3 is 2.43 bits per heavy atom. The molecule has 1 aromatic heterocycles. The van der Waals surface area contributed by atoms with Gasteiger partial charge in [-0.3, -0.25) is 0 Å². The highest BCUT2D eigenvalue weighted by molar-refractivity contribution is 5.59. The molecule has 2 N–H and O–H groups in total. The lowest BCUT2D eigenvalue weighted by Gasteiger charge is -2.09. The zero-order valence-corrected chi connectivity index (χ0v) is 12.5. The van der Waals surface area contributed by atoms with Gasteiger partial charge in [0, 0.05) is 12.6 Å². The first-order valence-corrected chi connectivity index (χ1v) is 7.43. The summed E-state index contributed by atoms with van der Waals surface area (Å²) in [6.07, 6.45) is 2.36. The first-order chi connectivity index (χ1) is 11.3. The van der Waals surface area contributed by atoms with Gasteiger partial charge in [-0.2, -0.15) is 0 Å². The van der Waals surface area contributed by atoms with Crippen LogP contribution in [0.1, 0.15) is 5.56 Å². The highest BCUT2D eigenvalue weighted by atomic mass is 19.1. The van der Waals surface area contributed by atoms with Crippen molar-refractivity contribution in [3.8, 4) is 0 Å². The fourth-order valence-corrected chi connectivity index (χ4v) is 2.20. The van der Waals surface area contributed by atoms with Gasteiger partial charge in [-0.25, -0.2) is 14.4 Å². The van der Waals surface area contributed by atoms with E-state index in [0.717, 1.165) is 13.0 Å². The SMILES string of the molecule is Fc1ccccc1Nc1cc(NCCc2ccccc2)ncn1. The van der Waals surface area contributed by atoms with Gasteiger partial charge in [-0.1, -0.05) is 42.5 Å². The summed E-state index contributed by atoms with van der Waals surface area (Å²) in [4.78, 5) is 8.29. The topological polar surface area (TPSA) is 49.8 Å². The van der Waals surface area contributed by atoms with Crippen molar-refractivity contribution in [1.29, 1.82) is 0 Å². The zero-order valence-electron chi connectivity index (χ0n) is 12.5. The van der Waals surface area contributed by atoms with E-state index in [-0.39, 0.29) is 5.82 Å². The van der Waals surface area contributed by atoms with Crippen molar-refractivity contribution in [2.24, 2.45) is 0 Å². The molecule has 3 aromatic rings. The first kappa shape index (κ1) is 15.0. The van der Waals surface area contributed by atoms with Crippen LogP contribution in [0.2, 0.25) is 0 Å². The summed E-state index contributed by atoms with van der Waals surface area (Å²) in [6, 6.07) is 18.5. The standard InChI is InChI=1S/C18H17FN4/c19-15-8-4-5-9-16(15)23-18-12-17(21-13-22-18)20-11-10-14-6-2-1-3-7-14/h1-9,12-13H,10-11H2,(H2,20,21,22,23). The molecular formula is C18H17FN4. The summed E-state index contributed by atoms with van der Waals surface area (Å²) >= 11 is 0. The van der Waals surface area contributed by atoms with Gasteiger partial charge < -0.3 is 10.6 Å². The molecule has 23 heavy (non-hydrogen) atoms. The molecule has 0 amide bonds. The van der Waals surface area contributed by atoms with Gasteiger partial charge in [0.05, 0.1) is 5.69 Å². The molecule has 4 nitrogen and oxygen atoms in total. The molecule has 0 aliphatic carbocycles. The van der Waals surface area contributed by atoms with E-state index in [4.69, 9.17) is 0 Å². The molecule has 5 heteroatoms. The Hall–Kier alpha value is -2.95. The molecule has 0 atom stereocenters. The molecule has 0 fully saturated rings. The number of anilines is 3. The van der Waals surface area contributed by atoms with E-state index in [2.05, 4.69) is 32.7 Å². The molecule has 0 aliphatic rings. The number of benzene rings is 2. The first-order valence-electron chi connectivity index (χ1n) is 7.43. The average Bonchev–Trinajstić information content (AvgIpc) is 2.58. The second kappa shape index (κ2) is 7.35. The van der Waals surface area contributed by atoms with Crippen LogP contribution in [0.25, 0.3) is 0 Å². The van der Waals surface area contributed by atoms with Crippen molar-refractivity contribution in [3.63, 3.8) is 0 Å².